The summed E-state index contributed by atoms with van der Waals surface area (Å²) in [5, 5.41) is 81.5. The molecule has 2 aromatic rings. The van der Waals surface area contributed by atoms with E-state index < -0.39 is 0 Å². The highest BCUT2D eigenvalue weighted by Gasteiger charge is 2.16. The number of hydrogen-bond donors (Lipinski definition) is 8. The number of phenols is 4. The van der Waals surface area contributed by atoms with Crippen molar-refractivity contribution in [2.24, 2.45) is 22.1 Å². The number of hydrogen-bond acceptors (Lipinski definition) is 10. The minimum atomic E-state index is 0.0130. The van der Waals surface area contributed by atoms with Crippen LogP contribution < -0.4 is 0 Å². The second-order valence-electron chi connectivity index (χ2n) is 14.1. The van der Waals surface area contributed by atoms with Gasteiger partial charge >= 0.3 is 0 Å². The summed E-state index contributed by atoms with van der Waals surface area (Å²) in [7, 11) is 0. The lowest BCUT2D eigenvalue weighted by atomic mass is 9.93. The molecule has 10 heteroatoms. The Morgan fingerprint density at radius 3 is 1.06 bits per heavy atom. The molecule has 0 radical (unpaired) electrons. The zero-order valence-electron chi connectivity index (χ0n) is 31.4. The molecule has 2 aromatic carbocycles. The number of rotatable bonds is 27. The summed E-state index contributed by atoms with van der Waals surface area (Å²) >= 11 is 0. The molecule has 10 nitrogen and oxygen atoms in total. The quantitative estimate of drug-likeness (QED) is 0.0147. The number of unbranched alkanes of at least 4 members (excludes halogenated alkanes) is 15. The summed E-state index contributed by atoms with van der Waals surface area (Å²) in [6, 6.07) is 8.47. The first-order valence-electron chi connectivity index (χ1n) is 19.3. The lowest BCUT2D eigenvalue weighted by molar-refractivity contribution is 0.282. The summed E-state index contributed by atoms with van der Waals surface area (Å²) in [4.78, 5) is 0. The molecule has 0 bridgehead atoms. The van der Waals surface area contributed by atoms with E-state index in [9.17, 15) is 30.8 Å². The van der Waals surface area contributed by atoms with Crippen molar-refractivity contribution in [2.45, 2.75) is 149 Å². The van der Waals surface area contributed by atoms with E-state index in [1.165, 1.54) is 107 Å². The first-order valence-corrected chi connectivity index (χ1v) is 19.3. The maximum absolute atomic E-state index is 9.90. The van der Waals surface area contributed by atoms with Crippen molar-refractivity contribution in [3.05, 3.63) is 47.5 Å². The lowest BCUT2D eigenvalue weighted by Crippen LogP contribution is -2.08. The lowest BCUT2D eigenvalue weighted by Gasteiger charge is -2.13. The van der Waals surface area contributed by atoms with Gasteiger partial charge in [0.2, 0.25) is 0 Å². The van der Waals surface area contributed by atoms with Gasteiger partial charge in [0.1, 0.15) is 23.0 Å². The Hall–Kier alpha value is -3.50. The van der Waals surface area contributed by atoms with E-state index in [2.05, 4.69) is 24.2 Å². The zero-order valence-corrected chi connectivity index (χ0v) is 31.4. The Morgan fingerprint density at radius 2 is 0.765 bits per heavy atom. The second-order valence-corrected chi connectivity index (χ2v) is 14.1. The van der Waals surface area contributed by atoms with E-state index in [0.29, 0.717) is 60.4 Å². The van der Waals surface area contributed by atoms with Crippen LogP contribution in [0, 0.1) is 11.8 Å². The van der Waals surface area contributed by atoms with Gasteiger partial charge in [-0.1, -0.05) is 133 Å². The standard InChI is InChI=1S/C21H35NO4.C20H33NO4/c1-17(11-9-7-5-3-2-4-6-8-10-14-23)15-20(22-26)19-16-18(24)12-13-21(19)25;1-16(10-8-6-4-2-3-5-7-9-13-22)14-19(21-25)18-15-17(23)11-12-20(18)24/h12-13,16-17,23-26H,2-11,14-15H2,1H3;11-12,15-16,22-25H,2-10,13-14H2,1H3. The molecule has 2 rings (SSSR count). The molecule has 8 N–H and O–H groups in total. The zero-order chi connectivity index (χ0) is 37.7. The summed E-state index contributed by atoms with van der Waals surface area (Å²) < 4.78 is 0. The number of aliphatic hydroxyl groups excluding tert-OH is 2. The van der Waals surface area contributed by atoms with Gasteiger partial charge in [0.05, 0.1) is 11.4 Å². The number of aromatic hydroxyl groups is 4. The third kappa shape index (κ3) is 21.5. The SMILES string of the molecule is CC(CCCCCCCCCCCO)CC(=NO)c1cc(O)ccc1O.CC(CCCCCCCCCCO)CC(=NO)c1cc(O)ccc1O. The smallest absolute Gasteiger partial charge is 0.125 e. The average Bonchev–Trinajstić information content (AvgIpc) is 3.12. The molecule has 0 aliphatic rings. The third-order valence-corrected chi connectivity index (χ3v) is 9.37. The van der Waals surface area contributed by atoms with Crippen LogP contribution in [0.2, 0.25) is 0 Å². The van der Waals surface area contributed by atoms with Crippen molar-refractivity contribution in [1.82, 2.24) is 0 Å². The summed E-state index contributed by atoms with van der Waals surface area (Å²) in [5.41, 5.74) is 1.59. The predicted molar refractivity (Wildman–Crippen MR) is 206 cm³/mol. The molecular formula is C41H68N2O8. The third-order valence-electron chi connectivity index (χ3n) is 9.37. The van der Waals surface area contributed by atoms with Gasteiger partial charge in [0, 0.05) is 24.3 Å². The van der Waals surface area contributed by atoms with E-state index >= 15 is 0 Å². The van der Waals surface area contributed by atoms with E-state index in [1.54, 1.807) is 0 Å². The Bertz CT molecular complexity index is 1240. The minimum absolute atomic E-state index is 0.0130. The first-order chi connectivity index (χ1) is 24.7. The van der Waals surface area contributed by atoms with Gasteiger partial charge in [0.25, 0.3) is 0 Å². The van der Waals surface area contributed by atoms with Crippen LogP contribution in [-0.2, 0) is 0 Å². The minimum Gasteiger partial charge on any atom is -0.508 e. The molecule has 0 saturated carbocycles. The van der Waals surface area contributed by atoms with Crippen LogP contribution >= 0.6 is 0 Å². The maximum atomic E-state index is 9.90. The van der Waals surface area contributed by atoms with Crippen molar-refractivity contribution < 1.29 is 41.1 Å². The predicted octanol–water partition coefficient (Wildman–Crippen LogP) is 10.0. The number of phenolic OH excluding ortho intramolecular Hbond substituents is 4. The molecule has 0 aromatic heterocycles. The van der Waals surface area contributed by atoms with Gasteiger partial charge < -0.3 is 41.1 Å². The van der Waals surface area contributed by atoms with Gasteiger partial charge in [-0.2, -0.15) is 0 Å². The second kappa shape index (κ2) is 29.1. The van der Waals surface area contributed by atoms with Crippen LogP contribution in [0.4, 0.5) is 0 Å². The number of oxime groups is 2. The molecule has 0 fully saturated rings. The molecule has 0 heterocycles. The van der Waals surface area contributed by atoms with Gasteiger partial charge in [-0.25, -0.2) is 0 Å². The largest absolute Gasteiger partial charge is 0.508 e. The fraction of sp³-hybridized carbons (Fsp3) is 0.659. The first kappa shape index (κ1) is 45.5. The molecule has 0 saturated heterocycles. The monoisotopic (exact) mass is 716 g/mol. The topological polar surface area (TPSA) is 187 Å². The fourth-order valence-corrected chi connectivity index (χ4v) is 6.29. The molecule has 0 spiro atoms. The van der Waals surface area contributed by atoms with E-state index in [0.717, 1.165) is 51.4 Å². The van der Waals surface area contributed by atoms with Crippen LogP contribution in [0.1, 0.15) is 160 Å². The number of benzene rings is 2. The molecular weight excluding hydrogens is 648 g/mol. The normalized spacial score (nSPS) is 13.1. The maximum Gasteiger partial charge on any atom is 0.125 e. The summed E-state index contributed by atoms with van der Waals surface area (Å²) in [6.07, 6.45) is 23.3. The number of nitrogens with zero attached hydrogens (tertiary/aromatic N) is 2. The van der Waals surface area contributed by atoms with Gasteiger partial charge in [-0.3, -0.25) is 0 Å². The molecule has 290 valence electrons. The van der Waals surface area contributed by atoms with Crippen LogP contribution in [0.5, 0.6) is 23.0 Å². The molecule has 2 unspecified atom stereocenters. The van der Waals surface area contributed by atoms with Gasteiger partial charge in [0.15, 0.2) is 0 Å². The highest BCUT2D eigenvalue weighted by Crippen LogP contribution is 2.28. The van der Waals surface area contributed by atoms with Crippen molar-refractivity contribution in [1.29, 1.82) is 0 Å². The van der Waals surface area contributed by atoms with Crippen molar-refractivity contribution in [3.63, 3.8) is 0 Å². The van der Waals surface area contributed by atoms with Gasteiger partial charge in [-0.15, -0.1) is 0 Å². The highest BCUT2D eigenvalue weighted by atomic mass is 16.4. The summed E-state index contributed by atoms with van der Waals surface area (Å²) in [5.74, 6) is 0.808. The van der Waals surface area contributed by atoms with E-state index in [-0.39, 0.29) is 23.0 Å². The molecule has 51 heavy (non-hydrogen) atoms. The van der Waals surface area contributed by atoms with Crippen molar-refractivity contribution in [3.8, 4) is 23.0 Å². The molecule has 0 amide bonds. The van der Waals surface area contributed by atoms with Crippen LogP contribution in [0.3, 0.4) is 0 Å². The Morgan fingerprint density at radius 1 is 0.471 bits per heavy atom. The van der Waals surface area contributed by atoms with Crippen LogP contribution in [0.15, 0.2) is 46.7 Å². The molecule has 0 aliphatic carbocycles. The fourth-order valence-electron chi connectivity index (χ4n) is 6.29. The average molecular weight is 717 g/mol. The number of aliphatic hydroxyl groups is 2. The Labute approximate surface area is 306 Å². The molecule has 2 atom stereocenters. The highest BCUT2D eigenvalue weighted by molar-refractivity contribution is 6.03. The van der Waals surface area contributed by atoms with E-state index in [1.807, 2.05) is 0 Å². The van der Waals surface area contributed by atoms with Crippen LogP contribution in [-0.4, -0.2) is 65.7 Å². The summed E-state index contributed by atoms with van der Waals surface area (Å²) in [6.45, 7) is 4.84. The molecule has 0 aliphatic heterocycles. The van der Waals surface area contributed by atoms with Crippen molar-refractivity contribution in [2.75, 3.05) is 13.2 Å². The van der Waals surface area contributed by atoms with Crippen molar-refractivity contribution >= 4 is 11.4 Å². The van der Waals surface area contributed by atoms with E-state index in [4.69, 9.17) is 10.2 Å². The van der Waals surface area contributed by atoms with Crippen LogP contribution in [0.25, 0.3) is 0 Å². The Balaban J connectivity index is 0.000000510. The van der Waals surface area contributed by atoms with Gasteiger partial charge in [-0.05, 0) is 73.9 Å². The Kier molecular flexibility index (Phi) is 26.0.